The molecule has 1 heterocycles. The van der Waals surface area contributed by atoms with Crippen molar-refractivity contribution < 1.29 is 14.3 Å². The van der Waals surface area contributed by atoms with Gasteiger partial charge in [-0.15, -0.1) is 10.2 Å². The van der Waals surface area contributed by atoms with Crippen LogP contribution in [-0.4, -0.2) is 51.6 Å². The minimum atomic E-state index is -0.389. The van der Waals surface area contributed by atoms with E-state index in [1.54, 1.807) is 24.3 Å². The maximum Gasteiger partial charge on any atom is 0.238 e. The van der Waals surface area contributed by atoms with Gasteiger partial charge in [-0.05, 0) is 62.0 Å². The largest absolute Gasteiger partial charge is 0.491 e. The summed E-state index contributed by atoms with van der Waals surface area (Å²) in [6, 6.07) is 16.3. The molecule has 0 bridgehead atoms. The van der Waals surface area contributed by atoms with E-state index in [0.29, 0.717) is 23.0 Å². The van der Waals surface area contributed by atoms with Crippen molar-refractivity contribution in [3.8, 4) is 11.5 Å². The number of ether oxygens (including phenoxy) is 2. The number of hydrogen-bond acceptors (Lipinski definition) is 7. The van der Waals surface area contributed by atoms with Gasteiger partial charge in [-0.25, -0.2) is 0 Å². The highest BCUT2D eigenvalue weighted by Crippen LogP contribution is 2.26. The van der Waals surface area contributed by atoms with Crippen molar-refractivity contribution in [2.45, 2.75) is 19.4 Å². The third-order valence-corrected chi connectivity index (χ3v) is 5.80. The molecule has 0 saturated heterocycles. The Labute approximate surface area is 208 Å². The molecule has 0 spiro atoms. The predicted octanol–water partition coefficient (Wildman–Crippen LogP) is 3.91. The van der Waals surface area contributed by atoms with Gasteiger partial charge in [0.1, 0.15) is 29.9 Å². The average molecular weight is 495 g/mol. The lowest BCUT2D eigenvalue weighted by atomic mass is 9.98. The summed E-state index contributed by atoms with van der Waals surface area (Å²) in [6.45, 7) is 2.42. The van der Waals surface area contributed by atoms with Gasteiger partial charge in [0.15, 0.2) is 5.82 Å². The second kappa shape index (κ2) is 11.6. The van der Waals surface area contributed by atoms with Crippen LogP contribution in [0.5, 0.6) is 11.5 Å². The summed E-state index contributed by atoms with van der Waals surface area (Å²) in [5.74, 6) is 2.73. The summed E-state index contributed by atoms with van der Waals surface area (Å²) in [4.78, 5) is 14.6. The number of halogens is 1. The molecule has 2 atom stereocenters. The van der Waals surface area contributed by atoms with Crippen LogP contribution in [0.15, 0.2) is 78.2 Å². The highest BCUT2D eigenvalue weighted by molar-refractivity contribution is 6.30. The standard InChI is InChI=1S/C25H27ClN6O3/c1-17-14-19(10-13-23(17)35-21-6-4-3-5-7-21)27-24(33)15-32(2)22(25-28-30-31-29-25)16-34-20-11-8-18(26)9-12-20/h3-13,17,22H,14-16H2,1-2H3,(H,27,33)(H,28,29,30,31). The first-order chi connectivity index (χ1) is 17.0. The van der Waals surface area contributed by atoms with Crippen molar-refractivity contribution >= 4 is 17.5 Å². The van der Waals surface area contributed by atoms with Gasteiger partial charge in [-0.2, -0.15) is 5.21 Å². The third kappa shape index (κ3) is 6.91. The van der Waals surface area contributed by atoms with Crippen LogP contribution >= 0.6 is 11.6 Å². The highest BCUT2D eigenvalue weighted by atomic mass is 35.5. The van der Waals surface area contributed by atoms with Crippen molar-refractivity contribution in [1.29, 1.82) is 0 Å². The molecule has 2 unspecified atom stereocenters. The zero-order valence-electron chi connectivity index (χ0n) is 19.5. The Hall–Kier alpha value is -3.69. The van der Waals surface area contributed by atoms with Crippen LogP contribution in [0.4, 0.5) is 0 Å². The SMILES string of the molecule is CC1CC(NC(=O)CN(C)C(COc2ccc(Cl)cc2)c2nn[nH]n2)=CC=C1Oc1ccccc1. The zero-order valence-corrected chi connectivity index (χ0v) is 20.3. The minimum absolute atomic E-state index is 0.117. The second-order valence-corrected chi connectivity index (χ2v) is 8.73. The van der Waals surface area contributed by atoms with Crippen molar-refractivity contribution in [2.24, 2.45) is 5.92 Å². The Morgan fingerprint density at radius 3 is 2.63 bits per heavy atom. The molecule has 182 valence electrons. The van der Waals surface area contributed by atoms with Crippen molar-refractivity contribution in [1.82, 2.24) is 30.8 Å². The predicted molar refractivity (Wildman–Crippen MR) is 132 cm³/mol. The number of H-pyrrole nitrogens is 1. The molecule has 0 fully saturated rings. The summed E-state index contributed by atoms with van der Waals surface area (Å²) < 4.78 is 11.9. The first-order valence-electron chi connectivity index (χ1n) is 11.2. The molecule has 3 aromatic rings. The molecule has 0 saturated carbocycles. The number of benzene rings is 2. The molecule has 2 aromatic carbocycles. The number of aromatic nitrogens is 4. The van der Waals surface area contributed by atoms with Crippen molar-refractivity contribution in [3.05, 3.63) is 89.1 Å². The molecule has 1 amide bonds. The number of carbonyl (C=O) groups is 1. The first kappa shape index (κ1) is 24.4. The number of aromatic amines is 1. The van der Waals surface area contributed by atoms with E-state index >= 15 is 0 Å². The van der Waals surface area contributed by atoms with E-state index in [-0.39, 0.29) is 31.0 Å². The average Bonchev–Trinajstić information content (AvgIpc) is 3.37. The zero-order chi connectivity index (χ0) is 24.6. The van der Waals surface area contributed by atoms with Gasteiger partial charge in [-0.1, -0.05) is 41.9 Å². The Kier molecular flexibility index (Phi) is 8.12. The second-order valence-electron chi connectivity index (χ2n) is 8.30. The van der Waals surface area contributed by atoms with E-state index in [2.05, 4.69) is 32.9 Å². The first-order valence-corrected chi connectivity index (χ1v) is 11.6. The van der Waals surface area contributed by atoms with Gasteiger partial charge in [0.2, 0.25) is 5.91 Å². The fourth-order valence-corrected chi connectivity index (χ4v) is 3.79. The van der Waals surface area contributed by atoms with Crippen LogP contribution < -0.4 is 14.8 Å². The highest BCUT2D eigenvalue weighted by Gasteiger charge is 2.25. The molecule has 1 aliphatic carbocycles. The number of para-hydroxylation sites is 1. The molecule has 1 aromatic heterocycles. The lowest BCUT2D eigenvalue weighted by Gasteiger charge is -2.26. The van der Waals surface area contributed by atoms with Crippen LogP contribution in [0.1, 0.15) is 25.2 Å². The van der Waals surface area contributed by atoms with Crippen LogP contribution in [0.25, 0.3) is 0 Å². The molecular formula is C25H27ClN6O3. The van der Waals surface area contributed by atoms with Gasteiger partial charge < -0.3 is 14.8 Å². The number of amides is 1. The van der Waals surface area contributed by atoms with E-state index in [9.17, 15) is 4.79 Å². The summed E-state index contributed by atoms with van der Waals surface area (Å²) in [6.07, 6.45) is 4.46. The van der Waals surface area contributed by atoms with Crippen molar-refractivity contribution in [2.75, 3.05) is 20.2 Å². The molecule has 10 heteroatoms. The van der Waals surface area contributed by atoms with Gasteiger partial charge >= 0.3 is 0 Å². The molecular weight excluding hydrogens is 468 g/mol. The normalized spacial score (nSPS) is 16.3. The Bertz CT molecular complexity index is 1170. The minimum Gasteiger partial charge on any atom is -0.491 e. The van der Waals surface area contributed by atoms with E-state index < -0.39 is 0 Å². The van der Waals surface area contributed by atoms with E-state index in [4.69, 9.17) is 21.1 Å². The summed E-state index contributed by atoms with van der Waals surface area (Å²) in [7, 11) is 1.81. The van der Waals surface area contributed by atoms with Gasteiger partial charge in [0, 0.05) is 16.6 Å². The van der Waals surface area contributed by atoms with Gasteiger partial charge in [0.25, 0.3) is 0 Å². The fraction of sp³-hybridized carbons (Fsp3) is 0.280. The van der Waals surface area contributed by atoms with Crippen LogP contribution in [0.3, 0.4) is 0 Å². The number of nitrogens with one attached hydrogen (secondary N) is 2. The van der Waals surface area contributed by atoms with Gasteiger partial charge in [0.05, 0.1) is 6.54 Å². The molecule has 35 heavy (non-hydrogen) atoms. The molecule has 0 radical (unpaired) electrons. The Morgan fingerprint density at radius 1 is 1.17 bits per heavy atom. The number of tetrazole rings is 1. The summed E-state index contributed by atoms with van der Waals surface area (Å²) in [5, 5.41) is 17.9. The molecule has 2 N–H and O–H groups in total. The fourth-order valence-electron chi connectivity index (χ4n) is 3.67. The van der Waals surface area contributed by atoms with Crippen LogP contribution in [0, 0.1) is 5.92 Å². The number of likely N-dealkylation sites (N-methyl/N-ethyl adjacent to an activating group) is 1. The van der Waals surface area contributed by atoms with E-state index in [0.717, 1.165) is 17.2 Å². The smallest absolute Gasteiger partial charge is 0.238 e. The molecule has 0 aliphatic heterocycles. The number of allylic oxidation sites excluding steroid dienone is 4. The number of carbonyl (C=O) groups excluding carboxylic acids is 1. The lowest BCUT2D eigenvalue weighted by molar-refractivity contribution is -0.122. The maximum absolute atomic E-state index is 12.8. The molecule has 9 nitrogen and oxygen atoms in total. The number of rotatable bonds is 10. The van der Waals surface area contributed by atoms with Crippen molar-refractivity contribution in [3.63, 3.8) is 0 Å². The number of hydrogen-bond donors (Lipinski definition) is 2. The van der Waals surface area contributed by atoms with E-state index in [1.165, 1.54) is 0 Å². The Balaban J connectivity index is 1.35. The molecule has 4 rings (SSSR count). The lowest BCUT2D eigenvalue weighted by Crippen LogP contribution is -2.39. The monoisotopic (exact) mass is 494 g/mol. The molecule has 1 aliphatic rings. The topological polar surface area (TPSA) is 105 Å². The summed E-state index contributed by atoms with van der Waals surface area (Å²) >= 11 is 5.94. The Morgan fingerprint density at radius 2 is 1.94 bits per heavy atom. The number of nitrogens with zero attached hydrogens (tertiary/aromatic N) is 4. The van der Waals surface area contributed by atoms with Crippen LogP contribution in [0.2, 0.25) is 5.02 Å². The summed E-state index contributed by atoms with van der Waals surface area (Å²) in [5.41, 5.74) is 0.838. The quantitative estimate of drug-likeness (QED) is 0.440. The maximum atomic E-state index is 12.8. The van der Waals surface area contributed by atoms with Crippen LogP contribution in [-0.2, 0) is 4.79 Å². The third-order valence-electron chi connectivity index (χ3n) is 5.55. The van der Waals surface area contributed by atoms with E-state index in [1.807, 2.05) is 54.4 Å². The van der Waals surface area contributed by atoms with Gasteiger partial charge in [-0.3, -0.25) is 9.69 Å².